The molecule has 3 N–H and O–H groups in total. The highest BCUT2D eigenvalue weighted by atomic mass is 16.2. The third-order valence-corrected chi connectivity index (χ3v) is 1.89. The maximum atomic E-state index is 11.0. The molecule has 2 rings (SSSR count). The van der Waals surface area contributed by atoms with E-state index < -0.39 is 6.03 Å². The molecule has 0 radical (unpaired) electrons. The van der Waals surface area contributed by atoms with Crippen LogP contribution in [0.15, 0.2) is 12.3 Å². The molecule has 2 amide bonds. The summed E-state index contributed by atoms with van der Waals surface area (Å²) in [5.74, 6) is -0.148. The zero-order valence-corrected chi connectivity index (χ0v) is 6.20. The van der Waals surface area contributed by atoms with Gasteiger partial charge in [-0.25, -0.2) is 4.79 Å². The van der Waals surface area contributed by atoms with Crippen molar-refractivity contribution in [2.45, 2.75) is 6.54 Å². The van der Waals surface area contributed by atoms with E-state index in [2.05, 4.69) is 5.32 Å². The Bertz CT molecular complexity index is 367. The smallest absolute Gasteiger partial charge is 0.323 e. The van der Waals surface area contributed by atoms with Gasteiger partial charge in [-0.3, -0.25) is 9.36 Å². The van der Waals surface area contributed by atoms with Crippen LogP contribution in [0.5, 0.6) is 0 Å². The quantitative estimate of drug-likeness (QED) is 0.551. The number of carbonyl (C=O) groups excluding carboxylic acids is 2. The van der Waals surface area contributed by atoms with Crippen LogP contribution in [-0.4, -0.2) is 16.5 Å². The summed E-state index contributed by atoms with van der Waals surface area (Å²) in [6, 6.07) is 1.02. The standard InChI is InChI=1S/C7H7N3O2/c8-7(12)10-2-1-4-5(10)3-9-6(4)11/h1-2H,3H2,(H2,8,12)(H,9,11). The highest BCUT2D eigenvalue weighted by molar-refractivity contribution is 5.99. The minimum atomic E-state index is -0.562. The molecule has 0 bridgehead atoms. The molecule has 0 saturated heterocycles. The molecule has 0 atom stereocenters. The van der Waals surface area contributed by atoms with Gasteiger partial charge in [0.1, 0.15) is 0 Å². The van der Waals surface area contributed by atoms with Gasteiger partial charge >= 0.3 is 6.03 Å². The SMILES string of the molecule is NC(=O)n1ccc2c1CNC2=O. The molecule has 12 heavy (non-hydrogen) atoms. The molecular weight excluding hydrogens is 158 g/mol. The normalized spacial score (nSPS) is 14.2. The van der Waals surface area contributed by atoms with Crippen molar-refractivity contribution in [3.63, 3.8) is 0 Å². The van der Waals surface area contributed by atoms with Crippen LogP contribution in [0.3, 0.4) is 0 Å². The van der Waals surface area contributed by atoms with Crippen LogP contribution in [0.1, 0.15) is 16.1 Å². The summed E-state index contributed by atoms with van der Waals surface area (Å²) in [5.41, 5.74) is 6.24. The number of fused-ring (bicyclic) bond motifs is 1. The van der Waals surface area contributed by atoms with Crippen LogP contribution in [0.2, 0.25) is 0 Å². The number of nitrogens with one attached hydrogen (secondary N) is 1. The molecule has 1 aromatic rings. The summed E-state index contributed by atoms with van der Waals surface area (Å²) in [5, 5.41) is 2.59. The van der Waals surface area contributed by atoms with Crippen molar-refractivity contribution in [1.29, 1.82) is 0 Å². The first-order valence-corrected chi connectivity index (χ1v) is 3.48. The van der Waals surface area contributed by atoms with Crippen molar-refractivity contribution in [3.8, 4) is 0 Å². The predicted octanol–water partition coefficient (Wildman–Crippen LogP) is -0.342. The minimum Gasteiger partial charge on any atom is -0.351 e. The lowest BCUT2D eigenvalue weighted by Crippen LogP contribution is -2.21. The van der Waals surface area contributed by atoms with Crippen molar-refractivity contribution in [2.75, 3.05) is 0 Å². The summed E-state index contributed by atoms with van der Waals surface area (Å²) >= 11 is 0. The number of primary amides is 1. The Hall–Kier alpha value is -1.78. The zero-order chi connectivity index (χ0) is 8.72. The average Bonchev–Trinajstić information content (AvgIpc) is 2.53. The largest absolute Gasteiger partial charge is 0.351 e. The van der Waals surface area contributed by atoms with Gasteiger partial charge in [0, 0.05) is 6.20 Å². The van der Waals surface area contributed by atoms with Crippen molar-refractivity contribution < 1.29 is 9.59 Å². The van der Waals surface area contributed by atoms with E-state index in [9.17, 15) is 9.59 Å². The van der Waals surface area contributed by atoms with Crippen molar-refractivity contribution in [1.82, 2.24) is 9.88 Å². The topological polar surface area (TPSA) is 77.1 Å². The van der Waals surface area contributed by atoms with E-state index in [0.29, 0.717) is 17.8 Å². The number of carbonyl (C=O) groups is 2. The number of rotatable bonds is 0. The van der Waals surface area contributed by atoms with Crippen LogP contribution in [0.4, 0.5) is 4.79 Å². The average molecular weight is 165 g/mol. The molecule has 5 nitrogen and oxygen atoms in total. The fraction of sp³-hybridized carbons (Fsp3) is 0.143. The Morgan fingerprint density at radius 2 is 2.42 bits per heavy atom. The van der Waals surface area contributed by atoms with E-state index in [4.69, 9.17) is 5.73 Å². The van der Waals surface area contributed by atoms with Gasteiger partial charge in [0.05, 0.1) is 17.8 Å². The molecule has 2 heterocycles. The Labute approximate surface area is 68.2 Å². The molecule has 5 heteroatoms. The maximum absolute atomic E-state index is 11.0. The van der Waals surface area contributed by atoms with Crippen LogP contribution in [0, 0.1) is 0 Å². The van der Waals surface area contributed by atoms with Gasteiger partial charge in [0.15, 0.2) is 0 Å². The zero-order valence-electron chi connectivity index (χ0n) is 6.20. The minimum absolute atomic E-state index is 0.148. The molecule has 1 aliphatic rings. The highest BCUT2D eigenvalue weighted by Crippen LogP contribution is 2.15. The number of nitrogens with two attached hydrogens (primary N) is 1. The molecule has 0 fully saturated rings. The molecule has 0 spiro atoms. The van der Waals surface area contributed by atoms with Crippen LogP contribution in [-0.2, 0) is 6.54 Å². The summed E-state index contributed by atoms with van der Waals surface area (Å²) < 4.78 is 1.27. The summed E-state index contributed by atoms with van der Waals surface area (Å²) in [6.45, 7) is 0.379. The van der Waals surface area contributed by atoms with Gasteiger partial charge in [-0.05, 0) is 6.07 Å². The van der Waals surface area contributed by atoms with Crippen molar-refractivity contribution >= 4 is 11.9 Å². The van der Waals surface area contributed by atoms with Crippen molar-refractivity contribution in [2.24, 2.45) is 5.73 Å². The predicted molar refractivity (Wildman–Crippen MR) is 40.6 cm³/mol. The van der Waals surface area contributed by atoms with Gasteiger partial charge < -0.3 is 11.1 Å². The highest BCUT2D eigenvalue weighted by Gasteiger charge is 2.23. The van der Waals surface area contributed by atoms with Crippen molar-refractivity contribution in [3.05, 3.63) is 23.5 Å². The Morgan fingerprint density at radius 1 is 1.67 bits per heavy atom. The molecule has 0 aromatic carbocycles. The summed E-state index contributed by atoms with van der Waals surface area (Å²) in [4.78, 5) is 21.8. The third-order valence-electron chi connectivity index (χ3n) is 1.89. The monoisotopic (exact) mass is 165 g/mol. The van der Waals surface area contributed by atoms with E-state index in [1.54, 1.807) is 6.07 Å². The van der Waals surface area contributed by atoms with E-state index in [1.165, 1.54) is 10.8 Å². The van der Waals surface area contributed by atoms with Gasteiger partial charge in [0.2, 0.25) is 0 Å². The second-order valence-electron chi connectivity index (χ2n) is 2.57. The van der Waals surface area contributed by atoms with Crippen LogP contribution < -0.4 is 11.1 Å². The molecule has 0 unspecified atom stereocenters. The van der Waals surface area contributed by atoms with E-state index in [1.807, 2.05) is 0 Å². The fourth-order valence-electron chi connectivity index (χ4n) is 1.32. The van der Waals surface area contributed by atoms with Gasteiger partial charge in [0.25, 0.3) is 5.91 Å². The Morgan fingerprint density at radius 3 is 3.08 bits per heavy atom. The number of amides is 2. The lowest BCUT2D eigenvalue weighted by atomic mass is 10.3. The number of aromatic nitrogens is 1. The fourth-order valence-corrected chi connectivity index (χ4v) is 1.32. The molecule has 0 saturated carbocycles. The number of hydrogen-bond acceptors (Lipinski definition) is 2. The second kappa shape index (κ2) is 2.10. The van der Waals surface area contributed by atoms with E-state index in [-0.39, 0.29) is 5.91 Å². The summed E-state index contributed by atoms with van der Waals surface area (Å²) in [7, 11) is 0. The molecule has 1 aliphatic heterocycles. The second-order valence-corrected chi connectivity index (χ2v) is 2.57. The molecule has 0 aliphatic carbocycles. The first kappa shape index (κ1) is 6.90. The molecule has 1 aromatic heterocycles. The Kier molecular flexibility index (Phi) is 1.21. The lowest BCUT2D eigenvalue weighted by molar-refractivity contribution is 0.0965. The number of nitrogens with zero attached hydrogens (tertiary/aromatic N) is 1. The number of hydrogen-bond donors (Lipinski definition) is 2. The first-order chi connectivity index (χ1) is 5.70. The van der Waals surface area contributed by atoms with Crippen LogP contribution in [0.25, 0.3) is 0 Å². The Balaban J connectivity index is 2.56. The van der Waals surface area contributed by atoms with E-state index in [0.717, 1.165) is 0 Å². The molecule has 62 valence electrons. The van der Waals surface area contributed by atoms with Gasteiger partial charge in [-0.15, -0.1) is 0 Å². The third kappa shape index (κ3) is 0.730. The van der Waals surface area contributed by atoms with Crippen LogP contribution >= 0.6 is 0 Å². The van der Waals surface area contributed by atoms with E-state index >= 15 is 0 Å². The van der Waals surface area contributed by atoms with Gasteiger partial charge in [-0.2, -0.15) is 0 Å². The first-order valence-electron chi connectivity index (χ1n) is 3.48. The lowest BCUT2D eigenvalue weighted by Gasteiger charge is -1.98. The summed E-state index contributed by atoms with van der Waals surface area (Å²) in [6.07, 6.45) is 1.51. The maximum Gasteiger partial charge on any atom is 0.323 e. The molecular formula is C7H7N3O2. The van der Waals surface area contributed by atoms with Gasteiger partial charge in [-0.1, -0.05) is 0 Å².